The molecule has 202 valence electrons. The Kier molecular flexibility index (Phi) is 9.77. The second kappa shape index (κ2) is 12.8. The number of anilines is 1. The predicted molar refractivity (Wildman–Crippen MR) is 150 cm³/mol. The molecule has 0 spiro atoms. The van der Waals surface area contributed by atoms with Crippen LogP contribution in [0, 0.1) is 6.92 Å². The number of sulfonamides is 1. The first kappa shape index (κ1) is 29.0. The number of methoxy groups -OCH3 is 1. The molecule has 0 unspecified atom stereocenters. The van der Waals surface area contributed by atoms with Crippen LogP contribution in [0.3, 0.4) is 0 Å². The maximum atomic E-state index is 13.9. The van der Waals surface area contributed by atoms with Crippen molar-refractivity contribution in [2.24, 2.45) is 0 Å². The van der Waals surface area contributed by atoms with Gasteiger partial charge in [0.1, 0.15) is 18.3 Å². The number of carbonyl (C=O) groups is 2. The van der Waals surface area contributed by atoms with Crippen molar-refractivity contribution in [2.45, 2.75) is 25.9 Å². The average Bonchev–Trinajstić information content (AvgIpc) is 2.90. The van der Waals surface area contributed by atoms with Gasteiger partial charge in [0, 0.05) is 25.0 Å². The highest BCUT2D eigenvalue weighted by Gasteiger charge is 2.32. The fourth-order valence-corrected chi connectivity index (χ4v) is 5.05. The van der Waals surface area contributed by atoms with E-state index in [0.29, 0.717) is 10.8 Å². The number of nitrogens with one attached hydrogen (secondary N) is 1. The molecular weight excluding hydrogens is 526 g/mol. The van der Waals surface area contributed by atoms with Gasteiger partial charge in [-0.3, -0.25) is 13.9 Å². The van der Waals surface area contributed by atoms with Crippen molar-refractivity contribution < 1.29 is 22.7 Å². The van der Waals surface area contributed by atoms with Crippen molar-refractivity contribution in [3.63, 3.8) is 0 Å². The van der Waals surface area contributed by atoms with Gasteiger partial charge in [0.15, 0.2) is 0 Å². The number of benzene rings is 3. The number of halogens is 1. The van der Waals surface area contributed by atoms with Crippen LogP contribution in [0.4, 0.5) is 5.69 Å². The lowest BCUT2D eigenvalue weighted by Crippen LogP contribution is -2.52. The van der Waals surface area contributed by atoms with Crippen molar-refractivity contribution in [3.8, 4) is 5.75 Å². The van der Waals surface area contributed by atoms with Gasteiger partial charge in [-0.15, -0.1) is 0 Å². The van der Waals surface area contributed by atoms with E-state index in [-0.39, 0.29) is 24.6 Å². The standard InChI is InChI=1S/C28H32ClN3O5S/c1-20-13-14-23(17-25(20)29)32(38(4,35)36)19-27(33)31(18-22-11-8-12-24(15-22)37-3)26(28(34)30-2)16-21-9-6-5-7-10-21/h5-15,17,26H,16,18-19H2,1-4H3,(H,30,34)/t26-/m0/s1. The highest BCUT2D eigenvalue weighted by molar-refractivity contribution is 7.92. The number of amides is 2. The van der Waals surface area contributed by atoms with Crippen LogP contribution in [0.5, 0.6) is 5.75 Å². The molecule has 1 atom stereocenters. The molecule has 0 aliphatic rings. The number of hydrogen-bond acceptors (Lipinski definition) is 5. The van der Waals surface area contributed by atoms with Gasteiger partial charge >= 0.3 is 0 Å². The Morgan fingerprint density at radius 2 is 1.68 bits per heavy atom. The van der Waals surface area contributed by atoms with Crippen LogP contribution in [0.25, 0.3) is 0 Å². The summed E-state index contributed by atoms with van der Waals surface area (Å²) in [7, 11) is -0.815. The molecule has 3 rings (SSSR count). The first-order valence-electron chi connectivity index (χ1n) is 11.9. The van der Waals surface area contributed by atoms with E-state index in [0.717, 1.165) is 27.3 Å². The molecule has 0 saturated carbocycles. The first-order chi connectivity index (χ1) is 18.0. The van der Waals surface area contributed by atoms with Crippen molar-refractivity contribution in [2.75, 3.05) is 31.3 Å². The molecule has 0 heterocycles. The Labute approximate surface area is 229 Å². The quantitative estimate of drug-likeness (QED) is 0.387. The Morgan fingerprint density at radius 1 is 1.00 bits per heavy atom. The van der Waals surface area contributed by atoms with Crippen molar-refractivity contribution in [3.05, 3.63) is 94.5 Å². The van der Waals surface area contributed by atoms with Crippen LogP contribution in [-0.2, 0) is 32.6 Å². The average molecular weight is 558 g/mol. The minimum atomic E-state index is -3.86. The molecule has 38 heavy (non-hydrogen) atoms. The molecule has 3 aromatic carbocycles. The van der Waals surface area contributed by atoms with E-state index in [1.165, 1.54) is 18.0 Å². The summed E-state index contributed by atoms with van der Waals surface area (Å²) in [6.07, 6.45) is 1.27. The number of carbonyl (C=O) groups excluding carboxylic acids is 2. The monoisotopic (exact) mass is 557 g/mol. The number of rotatable bonds is 11. The van der Waals surface area contributed by atoms with Crippen LogP contribution in [0.15, 0.2) is 72.8 Å². The highest BCUT2D eigenvalue weighted by Crippen LogP contribution is 2.26. The van der Waals surface area contributed by atoms with Crippen LogP contribution in [0.2, 0.25) is 5.02 Å². The Balaban J connectivity index is 2.04. The number of ether oxygens (including phenoxy) is 1. The maximum Gasteiger partial charge on any atom is 0.244 e. The lowest BCUT2D eigenvalue weighted by molar-refractivity contribution is -0.139. The molecule has 8 nitrogen and oxygen atoms in total. The molecule has 0 bridgehead atoms. The molecule has 0 radical (unpaired) electrons. The SMILES string of the molecule is CNC(=O)[C@H](Cc1ccccc1)N(Cc1cccc(OC)c1)C(=O)CN(c1ccc(C)c(Cl)c1)S(C)(=O)=O. The third-order valence-electron chi connectivity index (χ3n) is 6.13. The molecule has 0 aliphatic heterocycles. The Morgan fingerprint density at radius 3 is 2.29 bits per heavy atom. The van der Waals surface area contributed by atoms with Crippen LogP contribution in [0.1, 0.15) is 16.7 Å². The van der Waals surface area contributed by atoms with Gasteiger partial charge in [0.05, 0.1) is 19.1 Å². The molecule has 1 N–H and O–H groups in total. The zero-order chi connectivity index (χ0) is 27.9. The summed E-state index contributed by atoms with van der Waals surface area (Å²) in [5.74, 6) is -0.310. The maximum absolute atomic E-state index is 13.9. The van der Waals surface area contributed by atoms with E-state index in [4.69, 9.17) is 16.3 Å². The molecule has 0 aliphatic carbocycles. The topological polar surface area (TPSA) is 96.0 Å². The first-order valence-corrected chi connectivity index (χ1v) is 14.2. The summed E-state index contributed by atoms with van der Waals surface area (Å²) in [5, 5.41) is 3.03. The lowest BCUT2D eigenvalue weighted by atomic mass is 10.0. The van der Waals surface area contributed by atoms with Gasteiger partial charge in [0.2, 0.25) is 21.8 Å². The minimum absolute atomic E-state index is 0.0627. The van der Waals surface area contributed by atoms with Crippen molar-refractivity contribution >= 4 is 39.1 Å². The van der Waals surface area contributed by atoms with Gasteiger partial charge < -0.3 is 15.0 Å². The van der Waals surface area contributed by atoms with Crippen molar-refractivity contribution in [1.82, 2.24) is 10.2 Å². The fraction of sp³-hybridized carbons (Fsp3) is 0.286. The summed E-state index contributed by atoms with van der Waals surface area (Å²) >= 11 is 6.26. The number of likely N-dealkylation sites (N-methyl/N-ethyl adjacent to an activating group) is 1. The fourth-order valence-electron chi connectivity index (χ4n) is 4.04. The van der Waals surface area contributed by atoms with E-state index < -0.39 is 28.5 Å². The second-order valence-electron chi connectivity index (χ2n) is 8.90. The lowest BCUT2D eigenvalue weighted by Gasteiger charge is -2.33. The number of nitrogens with zero attached hydrogens (tertiary/aromatic N) is 2. The smallest absolute Gasteiger partial charge is 0.244 e. The van der Waals surface area contributed by atoms with E-state index in [9.17, 15) is 18.0 Å². The van der Waals surface area contributed by atoms with Crippen LogP contribution >= 0.6 is 11.6 Å². The van der Waals surface area contributed by atoms with Gasteiger partial charge in [-0.25, -0.2) is 8.42 Å². The predicted octanol–water partition coefficient (Wildman–Crippen LogP) is 3.81. The number of aryl methyl sites for hydroxylation is 1. The van der Waals surface area contributed by atoms with E-state index >= 15 is 0 Å². The molecule has 2 amide bonds. The van der Waals surface area contributed by atoms with E-state index in [2.05, 4.69) is 5.32 Å². The molecule has 0 saturated heterocycles. The Hall–Kier alpha value is -3.56. The molecule has 0 fully saturated rings. The molecular formula is C28H32ClN3O5S. The summed E-state index contributed by atoms with van der Waals surface area (Å²) in [6.45, 7) is 1.35. The van der Waals surface area contributed by atoms with Crippen molar-refractivity contribution in [1.29, 1.82) is 0 Å². The largest absolute Gasteiger partial charge is 0.497 e. The normalized spacial score (nSPS) is 11.9. The Bertz CT molecular complexity index is 1380. The third kappa shape index (κ3) is 7.49. The summed E-state index contributed by atoms with van der Waals surface area (Å²) in [5.41, 5.74) is 2.62. The van der Waals surface area contributed by atoms with Gasteiger partial charge in [0.25, 0.3) is 0 Å². The minimum Gasteiger partial charge on any atom is -0.497 e. The number of hydrogen-bond donors (Lipinski definition) is 1. The summed E-state index contributed by atoms with van der Waals surface area (Å²) < 4.78 is 31.9. The summed E-state index contributed by atoms with van der Waals surface area (Å²) in [6, 6.07) is 20.4. The van der Waals surface area contributed by atoms with Gasteiger partial charge in [-0.05, 0) is 47.9 Å². The zero-order valence-electron chi connectivity index (χ0n) is 21.8. The molecule has 3 aromatic rings. The van der Waals surface area contributed by atoms with E-state index in [1.54, 1.807) is 44.4 Å². The van der Waals surface area contributed by atoms with Gasteiger partial charge in [-0.2, -0.15) is 0 Å². The van der Waals surface area contributed by atoms with Crippen LogP contribution < -0.4 is 14.4 Å². The van der Waals surface area contributed by atoms with Crippen LogP contribution in [-0.4, -0.2) is 58.1 Å². The van der Waals surface area contributed by atoms with Gasteiger partial charge in [-0.1, -0.05) is 60.1 Å². The third-order valence-corrected chi connectivity index (χ3v) is 7.67. The second-order valence-corrected chi connectivity index (χ2v) is 11.2. The summed E-state index contributed by atoms with van der Waals surface area (Å²) in [4.78, 5) is 28.5. The highest BCUT2D eigenvalue weighted by atomic mass is 35.5. The van der Waals surface area contributed by atoms with E-state index in [1.807, 2.05) is 36.4 Å². The zero-order valence-corrected chi connectivity index (χ0v) is 23.4. The molecule has 10 heteroatoms. The molecule has 0 aromatic heterocycles.